The Labute approximate surface area is 127 Å². The Kier molecular flexibility index (Phi) is 4.44. The molecule has 0 amide bonds. The molecule has 116 valence electrons. The summed E-state index contributed by atoms with van der Waals surface area (Å²) in [6, 6.07) is 8.32. The first-order chi connectivity index (χ1) is 9.74. The van der Waals surface area contributed by atoms with Crippen LogP contribution < -0.4 is 5.32 Å². The summed E-state index contributed by atoms with van der Waals surface area (Å²) in [5, 5.41) is 4.28. The van der Waals surface area contributed by atoms with Gasteiger partial charge in [0.05, 0.1) is 10.5 Å². The number of rotatable bonds is 5. The number of fused-ring (bicyclic) bond motifs is 1. The van der Waals surface area contributed by atoms with E-state index in [0.717, 1.165) is 17.4 Å². The molecule has 5 heteroatoms. The van der Waals surface area contributed by atoms with Crippen LogP contribution in [0.3, 0.4) is 0 Å². The number of nitrogens with zero attached hydrogens (tertiary/aromatic N) is 1. The third-order valence-corrected chi connectivity index (χ3v) is 6.34. The predicted molar refractivity (Wildman–Crippen MR) is 88.2 cm³/mol. The van der Waals surface area contributed by atoms with Gasteiger partial charge >= 0.3 is 0 Å². The molecule has 2 rings (SSSR count). The fourth-order valence-electron chi connectivity index (χ4n) is 2.28. The minimum atomic E-state index is -3.09. The second-order valence-corrected chi connectivity index (χ2v) is 9.23. The number of sulfone groups is 1. The van der Waals surface area contributed by atoms with Crippen molar-refractivity contribution >= 4 is 20.7 Å². The highest BCUT2D eigenvalue weighted by Crippen LogP contribution is 2.20. The molecule has 0 aliphatic heterocycles. The van der Waals surface area contributed by atoms with E-state index in [1.54, 1.807) is 20.8 Å². The Balaban J connectivity index is 2.21. The Morgan fingerprint density at radius 1 is 1.19 bits per heavy atom. The van der Waals surface area contributed by atoms with Crippen LogP contribution in [0.4, 0.5) is 0 Å². The second kappa shape index (κ2) is 5.81. The van der Waals surface area contributed by atoms with E-state index in [1.807, 2.05) is 23.9 Å². The molecule has 0 unspecified atom stereocenters. The van der Waals surface area contributed by atoms with Crippen molar-refractivity contribution in [2.75, 3.05) is 12.8 Å². The van der Waals surface area contributed by atoms with Crippen LogP contribution in [0.2, 0.25) is 0 Å². The van der Waals surface area contributed by atoms with E-state index in [0.29, 0.717) is 6.54 Å². The smallest absolute Gasteiger partial charge is 0.156 e. The minimum Gasteiger partial charge on any atom is -0.346 e. The zero-order valence-electron chi connectivity index (χ0n) is 13.2. The number of aromatic nitrogens is 1. The standard InChI is InChI=1S/C16H24N2O2S/c1-16(2,3)21(19,20)10-9-18-8-7-14-11-13(12-17-4)5-6-15(14)18/h5-8,11,17H,9-10,12H2,1-4H3. The molecule has 0 fully saturated rings. The summed E-state index contributed by atoms with van der Waals surface area (Å²) in [5.74, 6) is 0.165. The van der Waals surface area contributed by atoms with Gasteiger partial charge < -0.3 is 9.88 Å². The number of hydrogen-bond acceptors (Lipinski definition) is 3. The summed E-state index contributed by atoms with van der Waals surface area (Å²) in [4.78, 5) is 0. The maximum atomic E-state index is 12.2. The summed E-state index contributed by atoms with van der Waals surface area (Å²) in [6.45, 7) is 6.58. The van der Waals surface area contributed by atoms with Crippen molar-refractivity contribution in [3.05, 3.63) is 36.0 Å². The van der Waals surface area contributed by atoms with Crippen LogP contribution in [-0.4, -0.2) is 30.5 Å². The van der Waals surface area contributed by atoms with E-state index in [1.165, 1.54) is 5.56 Å². The van der Waals surface area contributed by atoms with Gasteiger partial charge in [-0.1, -0.05) is 6.07 Å². The highest BCUT2D eigenvalue weighted by molar-refractivity contribution is 7.92. The molecule has 0 aliphatic rings. The molecule has 0 saturated heterocycles. The van der Waals surface area contributed by atoms with Gasteiger partial charge in [0.15, 0.2) is 9.84 Å². The van der Waals surface area contributed by atoms with E-state index >= 15 is 0 Å². The average Bonchev–Trinajstić information content (AvgIpc) is 2.78. The van der Waals surface area contributed by atoms with Crippen molar-refractivity contribution in [3.63, 3.8) is 0 Å². The topological polar surface area (TPSA) is 51.1 Å². The Hall–Kier alpha value is -1.33. The lowest BCUT2D eigenvalue weighted by Gasteiger charge is -2.19. The van der Waals surface area contributed by atoms with Crippen LogP contribution in [-0.2, 0) is 22.9 Å². The summed E-state index contributed by atoms with van der Waals surface area (Å²) in [5.41, 5.74) is 2.31. The van der Waals surface area contributed by atoms with E-state index in [4.69, 9.17) is 0 Å². The third-order valence-electron chi connectivity index (χ3n) is 3.75. The van der Waals surface area contributed by atoms with Crippen LogP contribution in [0.5, 0.6) is 0 Å². The largest absolute Gasteiger partial charge is 0.346 e. The molecular weight excluding hydrogens is 284 g/mol. The summed E-state index contributed by atoms with van der Waals surface area (Å²) in [6.07, 6.45) is 1.96. The van der Waals surface area contributed by atoms with Gasteiger partial charge in [0.2, 0.25) is 0 Å². The number of hydrogen-bond donors (Lipinski definition) is 1. The van der Waals surface area contributed by atoms with E-state index in [9.17, 15) is 8.42 Å². The molecule has 0 radical (unpaired) electrons. The molecule has 0 spiro atoms. The third kappa shape index (κ3) is 3.47. The van der Waals surface area contributed by atoms with Gasteiger partial charge in [-0.25, -0.2) is 8.42 Å². The number of nitrogens with one attached hydrogen (secondary N) is 1. The Bertz CT molecular complexity index is 724. The van der Waals surface area contributed by atoms with Gasteiger partial charge in [0.1, 0.15) is 0 Å². The van der Waals surface area contributed by atoms with Gasteiger partial charge in [-0.2, -0.15) is 0 Å². The molecule has 0 bridgehead atoms. The van der Waals surface area contributed by atoms with Gasteiger partial charge in [0.25, 0.3) is 0 Å². The molecule has 0 aliphatic carbocycles. The first kappa shape index (κ1) is 16.0. The van der Waals surface area contributed by atoms with Crippen molar-refractivity contribution in [2.45, 2.75) is 38.6 Å². The highest BCUT2D eigenvalue weighted by atomic mass is 32.2. The Morgan fingerprint density at radius 2 is 1.90 bits per heavy atom. The molecule has 4 nitrogen and oxygen atoms in total. The zero-order chi connectivity index (χ0) is 15.7. The number of aryl methyl sites for hydroxylation is 1. The molecule has 1 N–H and O–H groups in total. The average molecular weight is 308 g/mol. The second-order valence-electron chi connectivity index (χ2n) is 6.36. The summed E-state index contributed by atoms with van der Waals surface area (Å²) >= 11 is 0. The van der Waals surface area contributed by atoms with Crippen LogP contribution in [0, 0.1) is 0 Å². The molecule has 1 aromatic heterocycles. The predicted octanol–water partition coefficient (Wildman–Crippen LogP) is 2.57. The van der Waals surface area contributed by atoms with Crippen molar-refractivity contribution in [3.8, 4) is 0 Å². The lowest BCUT2D eigenvalue weighted by molar-refractivity contribution is 0.555. The first-order valence-corrected chi connectivity index (χ1v) is 8.84. The van der Waals surface area contributed by atoms with Crippen molar-refractivity contribution in [2.24, 2.45) is 0 Å². The molecule has 21 heavy (non-hydrogen) atoms. The molecule has 0 atom stereocenters. The fraction of sp³-hybridized carbons (Fsp3) is 0.500. The minimum absolute atomic E-state index is 0.165. The quantitative estimate of drug-likeness (QED) is 0.923. The van der Waals surface area contributed by atoms with Gasteiger partial charge in [0, 0.05) is 24.8 Å². The maximum Gasteiger partial charge on any atom is 0.156 e. The van der Waals surface area contributed by atoms with Gasteiger partial charge in [-0.05, 0) is 57.0 Å². The van der Waals surface area contributed by atoms with E-state index in [-0.39, 0.29) is 5.75 Å². The monoisotopic (exact) mass is 308 g/mol. The maximum absolute atomic E-state index is 12.2. The lowest BCUT2D eigenvalue weighted by Crippen LogP contribution is -2.31. The number of benzene rings is 1. The first-order valence-electron chi connectivity index (χ1n) is 7.19. The van der Waals surface area contributed by atoms with Crippen molar-refractivity contribution in [1.29, 1.82) is 0 Å². The zero-order valence-corrected chi connectivity index (χ0v) is 14.0. The normalized spacial score (nSPS) is 13.0. The van der Waals surface area contributed by atoms with Crippen LogP contribution in [0.25, 0.3) is 10.9 Å². The molecule has 1 heterocycles. The molecule has 1 aromatic carbocycles. The SMILES string of the molecule is CNCc1ccc2c(ccn2CCS(=O)(=O)C(C)(C)C)c1. The fourth-order valence-corrected chi connectivity index (χ4v) is 3.33. The lowest BCUT2D eigenvalue weighted by atomic mass is 10.1. The van der Waals surface area contributed by atoms with Crippen LogP contribution in [0.15, 0.2) is 30.5 Å². The van der Waals surface area contributed by atoms with Crippen LogP contribution >= 0.6 is 0 Å². The van der Waals surface area contributed by atoms with Gasteiger partial charge in [-0.15, -0.1) is 0 Å². The van der Waals surface area contributed by atoms with Crippen LogP contribution in [0.1, 0.15) is 26.3 Å². The highest BCUT2D eigenvalue weighted by Gasteiger charge is 2.28. The van der Waals surface area contributed by atoms with E-state index in [2.05, 4.69) is 23.5 Å². The molecule has 0 saturated carbocycles. The summed E-state index contributed by atoms with van der Waals surface area (Å²) in [7, 11) is -1.17. The van der Waals surface area contributed by atoms with Crippen molar-refractivity contribution < 1.29 is 8.42 Å². The van der Waals surface area contributed by atoms with Gasteiger partial charge in [-0.3, -0.25) is 0 Å². The van der Waals surface area contributed by atoms with Crippen molar-refractivity contribution in [1.82, 2.24) is 9.88 Å². The molecule has 2 aromatic rings. The summed E-state index contributed by atoms with van der Waals surface area (Å²) < 4.78 is 25.7. The Morgan fingerprint density at radius 3 is 2.52 bits per heavy atom. The molecular formula is C16H24N2O2S. The van der Waals surface area contributed by atoms with E-state index < -0.39 is 14.6 Å².